The first-order valence-corrected chi connectivity index (χ1v) is 7.65. The van der Waals surface area contributed by atoms with Crippen LogP contribution in [0.15, 0.2) is 46.9 Å². The second-order valence-corrected chi connectivity index (χ2v) is 5.95. The van der Waals surface area contributed by atoms with Gasteiger partial charge >= 0.3 is 0 Å². The smallest absolute Gasteiger partial charge is 0.251 e. The number of halogens is 1. The van der Waals surface area contributed by atoms with Crippen LogP contribution in [0.4, 0.5) is 5.69 Å². The Kier molecular flexibility index (Phi) is 5.02. The first kappa shape index (κ1) is 15.6. The SMILES string of the molecule is CNC(=O)c1ccc(C)c(NC(C)c2cccc(Br)c2)c1. The molecule has 0 heterocycles. The van der Waals surface area contributed by atoms with Crippen LogP contribution >= 0.6 is 15.9 Å². The lowest BCUT2D eigenvalue weighted by atomic mass is 10.1. The van der Waals surface area contributed by atoms with Gasteiger partial charge in [-0.1, -0.05) is 34.1 Å². The van der Waals surface area contributed by atoms with Crippen molar-refractivity contribution in [3.05, 3.63) is 63.6 Å². The zero-order valence-electron chi connectivity index (χ0n) is 12.4. The maximum Gasteiger partial charge on any atom is 0.251 e. The molecular weight excluding hydrogens is 328 g/mol. The number of nitrogens with one attached hydrogen (secondary N) is 2. The van der Waals surface area contributed by atoms with Gasteiger partial charge in [0.15, 0.2) is 0 Å². The number of hydrogen-bond donors (Lipinski definition) is 2. The quantitative estimate of drug-likeness (QED) is 0.866. The summed E-state index contributed by atoms with van der Waals surface area (Å²) in [6.07, 6.45) is 0. The van der Waals surface area contributed by atoms with Crippen LogP contribution < -0.4 is 10.6 Å². The fourth-order valence-electron chi connectivity index (χ4n) is 2.16. The van der Waals surface area contributed by atoms with Crippen LogP contribution in [0.25, 0.3) is 0 Å². The normalized spacial score (nSPS) is 11.8. The average Bonchev–Trinajstić information content (AvgIpc) is 2.48. The Morgan fingerprint density at radius 2 is 1.95 bits per heavy atom. The van der Waals surface area contributed by atoms with E-state index >= 15 is 0 Å². The molecular formula is C17H19BrN2O. The van der Waals surface area contributed by atoms with Gasteiger partial charge in [0.05, 0.1) is 0 Å². The summed E-state index contributed by atoms with van der Waals surface area (Å²) in [5.74, 6) is -0.0758. The van der Waals surface area contributed by atoms with Crippen molar-refractivity contribution in [3.63, 3.8) is 0 Å². The van der Waals surface area contributed by atoms with E-state index in [2.05, 4.69) is 45.6 Å². The molecule has 2 aromatic rings. The average molecular weight is 347 g/mol. The monoisotopic (exact) mass is 346 g/mol. The molecule has 0 aliphatic rings. The lowest BCUT2D eigenvalue weighted by molar-refractivity contribution is 0.0963. The Labute approximate surface area is 133 Å². The molecule has 0 saturated heterocycles. The fourth-order valence-corrected chi connectivity index (χ4v) is 2.57. The highest BCUT2D eigenvalue weighted by molar-refractivity contribution is 9.10. The third-order valence-electron chi connectivity index (χ3n) is 3.45. The third-order valence-corrected chi connectivity index (χ3v) is 3.94. The van der Waals surface area contributed by atoms with Crippen LogP contribution in [0.1, 0.15) is 34.5 Å². The molecule has 1 unspecified atom stereocenters. The van der Waals surface area contributed by atoms with Gasteiger partial charge < -0.3 is 10.6 Å². The van der Waals surface area contributed by atoms with Crippen LogP contribution in [-0.2, 0) is 0 Å². The predicted molar refractivity (Wildman–Crippen MR) is 90.7 cm³/mol. The topological polar surface area (TPSA) is 41.1 Å². The van der Waals surface area contributed by atoms with E-state index in [4.69, 9.17) is 0 Å². The molecule has 0 aliphatic carbocycles. The molecule has 0 radical (unpaired) electrons. The number of anilines is 1. The molecule has 110 valence electrons. The van der Waals surface area contributed by atoms with Crippen molar-refractivity contribution >= 4 is 27.5 Å². The summed E-state index contributed by atoms with van der Waals surface area (Å²) in [4.78, 5) is 11.7. The molecule has 2 rings (SSSR count). The predicted octanol–water partition coefficient (Wildman–Crippen LogP) is 4.29. The molecule has 4 heteroatoms. The molecule has 0 bridgehead atoms. The number of benzene rings is 2. The number of aryl methyl sites for hydroxylation is 1. The summed E-state index contributed by atoms with van der Waals surface area (Å²) in [6, 6.07) is 14.0. The third kappa shape index (κ3) is 3.85. The Morgan fingerprint density at radius 1 is 1.19 bits per heavy atom. The van der Waals surface area contributed by atoms with E-state index in [-0.39, 0.29) is 11.9 Å². The lowest BCUT2D eigenvalue weighted by Crippen LogP contribution is -2.18. The van der Waals surface area contributed by atoms with Gasteiger partial charge in [-0.3, -0.25) is 4.79 Å². The van der Waals surface area contributed by atoms with Gasteiger partial charge in [-0.05, 0) is 49.2 Å². The maximum atomic E-state index is 11.7. The largest absolute Gasteiger partial charge is 0.378 e. The highest BCUT2D eigenvalue weighted by Crippen LogP contribution is 2.25. The summed E-state index contributed by atoms with van der Waals surface area (Å²) >= 11 is 3.49. The second-order valence-electron chi connectivity index (χ2n) is 5.03. The number of amides is 1. The summed E-state index contributed by atoms with van der Waals surface area (Å²) in [5, 5.41) is 6.12. The van der Waals surface area contributed by atoms with Gasteiger partial charge in [-0.15, -0.1) is 0 Å². The standard InChI is InChI=1S/C17H19BrN2O/c1-11-7-8-14(17(21)19-3)10-16(11)20-12(2)13-5-4-6-15(18)9-13/h4-10,12,20H,1-3H3,(H,19,21). The summed E-state index contributed by atoms with van der Waals surface area (Å²) in [5.41, 5.74) is 3.94. The zero-order valence-corrected chi connectivity index (χ0v) is 14.0. The number of carbonyl (C=O) groups is 1. The van der Waals surface area contributed by atoms with E-state index in [9.17, 15) is 4.79 Å². The van der Waals surface area contributed by atoms with Gasteiger partial charge in [-0.2, -0.15) is 0 Å². The van der Waals surface area contributed by atoms with Crippen LogP contribution in [0, 0.1) is 6.92 Å². The van der Waals surface area contributed by atoms with Crippen molar-refractivity contribution in [1.29, 1.82) is 0 Å². The Morgan fingerprint density at radius 3 is 2.62 bits per heavy atom. The van der Waals surface area contributed by atoms with Gasteiger partial charge in [-0.25, -0.2) is 0 Å². The molecule has 1 atom stereocenters. The summed E-state index contributed by atoms with van der Waals surface area (Å²) in [6.45, 7) is 4.14. The van der Waals surface area contributed by atoms with E-state index in [1.807, 2.05) is 37.3 Å². The van der Waals surface area contributed by atoms with Gasteiger partial charge in [0.2, 0.25) is 0 Å². The molecule has 21 heavy (non-hydrogen) atoms. The first-order chi connectivity index (χ1) is 10.0. The lowest BCUT2D eigenvalue weighted by Gasteiger charge is -2.18. The van der Waals surface area contributed by atoms with Crippen molar-refractivity contribution < 1.29 is 4.79 Å². The Bertz CT molecular complexity index is 655. The molecule has 1 amide bonds. The molecule has 0 aromatic heterocycles. The van der Waals surface area contributed by atoms with Crippen molar-refractivity contribution in [2.24, 2.45) is 0 Å². The maximum absolute atomic E-state index is 11.7. The van der Waals surface area contributed by atoms with Crippen molar-refractivity contribution in [2.75, 3.05) is 12.4 Å². The van der Waals surface area contributed by atoms with Crippen molar-refractivity contribution in [2.45, 2.75) is 19.9 Å². The highest BCUT2D eigenvalue weighted by Gasteiger charge is 2.10. The minimum atomic E-state index is -0.0758. The molecule has 0 fully saturated rings. The zero-order chi connectivity index (χ0) is 15.4. The van der Waals surface area contributed by atoms with Crippen LogP contribution in [0.3, 0.4) is 0 Å². The molecule has 3 nitrogen and oxygen atoms in total. The van der Waals surface area contributed by atoms with E-state index < -0.39 is 0 Å². The van der Waals surface area contributed by atoms with E-state index in [1.54, 1.807) is 7.05 Å². The molecule has 0 spiro atoms. The van der Waals surface area contributed by atoms with Gasteiger partial charge in [0, 0.05) is 28.8 Å². The first-order valence-electron chi connectivity index (χ1n) is 6.86. The number of carbonyl (C=O) groups excluding carboxylic acids is 1. The van der Waals surface area contributed by atoms with Crippen LogP contribution in [0.2, 0.25) is 0 Å². The Hall–Kier alpha value is -1.81. The highest BCUT2D eigenvalue weighted by atomic mass is 79.9. The van der Waals surface area contributed by atoms with E-state index in [0.717, 1.165) is 15.7 Å². The fraction of sp³-hybridized carbons (Fsp3) is 0.235. The van der Waals surface area contributed by atoms with Gasteiger partial charge in [0.1, 0.15) is 0 Å². The minimum absolute atomic E-state index is 0.0758. The molecule has 2 aromatic carbocycles. The van der Waals surface area contributed by atoms with E-state index in [1.165, 1.54) is 5.56 Å². The second kappa shape index (κ2) is 6.76. The van der Waals surface area contributed by atoms with E-state index in [0.29, 0.717) is 5.56 Å². The Balaban J connectivity index is 2.24. The summed E-state index contributed by atoms with van der Waals surface area (Å²) < 4.78 is 1.06. The summed E-state index contributed by atoms with van der Waals surface area (Å²) in [7, 11) is 1.64. The molecule has 0 aliphatic heterocycles. The number of rotatable bonds is 4. The van der Waals surface area contributed by atoms with Crippen molar-refractivity contribution in [3.8, 4) is 0 Å². The van der Waals surface area contributed by atoms with Crippen LogP contribution in [-0.4, -0.2) is 13.0 Å². The van der Waals surface area contributed by atoms with Gasteiger partial charge in [0.25, 0.3) is 5.91 Å². The molecule has 0 saturated carbocycles. The van der Waals surface area contributed by atoms with Crippen molar-refractivity contribution in [1.82, 2.24) is 5.32 Å². The number of hydrogen-bond acceptors (Lipinski definition) is 2. The van der Waals surface area contributed by atoms with Crippen LogP contribution in [0.5, 0.6) is 0 Å². The molecule has 2 N–H and O–H groups in total. The minimum Gasteiger partial charge on any atom is -0.378 e.